The molecule has 0 atom stereocenters. The molecule has 3 aromatic carbocycles. The smallest absolute Gasteiger partial charge is 0.363 e. The van der Waals surface area contributed by atoms with Crippen molar-refractivity contribution in [3.8, 4) is 34.5 Å². The first-order valence-corrected chi connectivity index (χ1v) is 12.8. The van der Waals surface area contributed by atoms with E-state index in [-0.39, 0.29) is 24.1 Å². The number of ether oxygens (including phenoxy) is 7. The number of hydrogen-bond acceptors (Lipinski definition) is 10. The van der Waals surface area contributed by atoms with Gasteiger partial charge in [0.1, 0.15) is 0 Å². The number of benzene rings is 3. The van der Waals surface area contributed by atoms with E-state index in [1.165, 1.54) is 0 Å². The summed E-state index contributed by atoms with van der Waals surface area (Å²) in [6, 6.07) is 15.0. The predicted molar refractivity (Wildman–Crippen MR) is 145 cm³/mol. The lowest BCUT2D eigenvalue weighted by molar-refractivity contribution is -0.129. The minimum absolute atomic E-state index is 0.104. The molecule has 3 aromatic rings. The van der Waals surface area contributed by atoms with E-state index in [2.05, 4.69) is 4.99 Å². The molecular formula is C30H27NO9. The zero-order valence-electron chi connectivity index (χ0n) is 22.2. The quantitative estimate of drug-likeness (QED) is 0.193. The molecule has 10 heteroatoms. The molecule has 0 fully saturated rings. The van der Waals surface area contributed by atoms with E-state index in [4.69, 9.17) is 33.2 Å². The van der Waals surface area contributed by atoms with Gasteiger partial charge < -0.3 is 33.2 Å². The minimum Gasteiger partial charge on any atom is -0.490 e. The maximum atomic E-state index is 12.8. The highest BCUT2D eigenvalue weighted by Gasteiger charge is 2.26. The summed E-state index contributed by atoms with van der Waals surface area (Å²) >= 11 is 0. The Morgan fingerprint density at radius 2 is 1.52 bits per heavy atom. The van der Waals surface area contributed by atoms with Crippen LogP contribution in [-0.4, -0.2) is 44.4 Å². The summed E-state index contributed by atoms with van der Waals surface area (Å²) in [7, 11) is 0. The molecule has 0 radical (unpaired) electrons. The fraction of sp³-hybridized carbons (Fsp3) is 0.233. The molecule has 0 spiro atoms. The third-order valence-electron chi connectivity index (χ3n) is 5.79. The number of cyclic esters (lactones) is 1. The van der Waals surface area contributed by atoms with Crippen molar-refractivity contribution in [3.05, 3.63) is 77.0 Å². The van der Waals surface area contributed by atoms with E-state index >= 15 is 0 Å². The maximum absolute atomic E-state index is 12.8. The first-order chi connectivity index (χ1) is 19.5. The van der Waals surface area contributed by atoms with Crippen molar-refractivity contribution in [2.45, 2.75) is 20.8 Å². The number of nitrogens with zero attached hydrogens (tertiary/aromatic N) is 1. The molecule has 0 saturated heterocycles. The Morgan fingerprint density at radius 3 is 2.30 bits per heavy atom. The molecule has 0 aromatic heterocycles. The second-order valence-corrected chi connectivity index (χ2v) is 8.46. The van der Waals surface area contributed by atoms with E-state index < -0.39 is 11.9 Å². The second kappa shape index (κ2) is 11.8. The summed E-state index contributed by atoms with van der Waals surface area (Å²) in [5.74, 6) is 1.69. The standard InChI is InChI=1S/C30H27NO9/c1-4-34-22-11-8-19(15-26(22)36-6-3)28-31-21(30(33)40-28)13-18-7-10-24(25(14-18)35-5-2)39-29(32)20-9-12-23-27(16-20)38-17-37-23/h7-16H,4-6,17H2,1-3H3/b21-13-. The number of hydrogen-bond donors (Lipinski definition) is 0. The third kappa shape index (κ3) is 5.70. The van der Waals surface area contributed by atoms with Crippen LogP contribution in [0.4, 0.5) is 0 Å². The Labute approximate surface area is 230 Å². The van der Waals surface area contributed by atoms with Crippen molar-refractivity contribution in [2.75, 3.05) is 26.6 Å². The van der Waals surface area contributed by atoms with Crippen LogP contribution in [0.25, 0.3) is 6.08 Å². The number of carbonyl (C=O) groups is 2. The van der Waals surface area contributed by atoms with Crippen molar-refractivity contribution in [1.29, 1.82) is 0 Å². The second-order valence-electron chi connectivity index (χ2n) is 8.46. The monoisotopic (exact) mass is 545 g/mol. The molecule has 0 aliphatic carbocycles. The highest BCUT2D eigenvalue weighted by molar-refractivity contribution is 6.13. The zero-order chi connectivity index (χ0) is 28.1. The molecule has 0 unspecified atom stereocenters. The zero-order valence-corrected chi connectivity index (χ0v) is 22.2. The van der Waals surface area contributed by atoms with Crippen LogP contribution in [0, 0.1) is 0 Å². The van der Waals surface area contributed by atoms with E-state index in [0.29, 0.717) is 65.3 Å². The number of aliphatic imine (C=N–C) groups is 1. The molecule has 0 N–H and O–H groups in total. The Morgan fingerprint density at radius 1 is 0.825 bits per heavy atom. The van der Waals surface area contributed by atoms with E-state index in [9.17, 15) is 9.59 Å². The van der Waals surface area contributed by atoms with Gasteiger partial charge in [0.15, 0.2) is 40.2 Å². The fourth-order valence-electron chi connectivity index (χ4n) is 4.02. The van der Waals surface area contributed by atoms with Crippen LogP contribution >= 0.6 is 0 Å². The van der Waals surface area contributed by atoms with E-state index in [0.717, 1.165) is 0 Å². The SMILES string of the molecule is CCOc1ccc(C2=N/C(=C\c3ccc(OC(=O)c4ccc5c(c4)OCO5)c(OCC)c3)C(=O)O2)cc1OCC. The highest BCUT2D eigenvalue weighted by atomic mass is 16.7. The van der Waals surface area contributed by atoms with E-state index in [1.807, 2.05) is 20.8 Å². The van der Waals surface area contributed by atoms with Gasteiger partial charge >= 0.3 is 11.9 Å². The van der Waals surface area contributed by atoms with Crippen LogP contribution < -0.4 is 28.4 Å². The van der Waals surface area contributed by atoms with Crippen molar-refractivity contribution < 1.29 is 42.7 Å². The summed E-state index contributed by atoms with van der Waals surface area (Å²) in [5, 5.41) is 0. The van der Waals surface area contributed by atoms with Gasteiger partial charge in [-0.3, -0.25) is 0 Å². The largest absolute Gasteiger partial charge is 0.490 e. The molecule has 2 aliphatic rings. The van der Waals surface area contributed by atoms with Gasteiger partial charge in [0.05, 0.1) is 25.4 Å². The number of fused-ring (bicyclic) bond motifs is 1. The van der Waals surface area contributed by atoms with Gasteiger partial charge in [-0.15, -0.1) is 0 Å². The normalized spacial score (nSPS) is 14.5. The lowest BCUT2D eigenvalue weighted by Crippen LogP contribution is -2.09. The molecule has 0 bridgehead atoms. The Bertz CT molecular complexity index is 1510. The van der Waals surface area contributed by atoms with Crippen LogP contribution in [0.3, 0.4) is 0 Å². The molecule has 206 valence electrons. The van der Waals surface area contributed by atoms with E-state index in [1.54, 1.807) is 60.7 Å². The molecule has 10 nitrogen and oxygen atoms in total. The lowest BCUT2D eigenvalue weighted by Gasteiger charge is -2.11. The van der Waals surface area contributed by atoms with Crippen molar-refractivity contribution in [1.82, 2.24) is 0 Å². The van der Waals surface area contributed by atoms with Crippen molar-refractivity contribution in [3.63, 3.8) is 0 Å². The third-order valence-corrected chi connectivity index (χ3v) is 5.79. The fourth-order valence-corrected chi connectivity index (χ4v) is 4.02. The molecule has 0 saturated carbocycles. The van der Waals surface area contributed by atoms with Gasteiger partial charge in [-0.2, -0.15) is 0 Å². The first kappa shape index (κ1) is 26.6. The molecule has 40 heavy (non-hydrogen) atoms. The first-order valence-electron chi connectivity index (χ1n) is 12.8. The molecule has 2 aliphatic heterocycles. The summed E-state index contributed by atoms with van der Waals surface area (Å²) in [6.45, 7) is 6.94. The van der Waals surface area contributed by atoms with Gasteiger partial charge in [-0.05, 0) is 80.9 Å². The summed E-state index contributed by atoms with van der Waals surface area (Å²) in [5.41, 5.74) is 1.58. The minimum atomic E-state index is -0.599. The average Bonchev–Trinajstić information content (AvgIpc) is 3.57. The van der Waals surface area contributed by atoms with Gasteiger partial charge in [0.2, 0.25) is 12.7 Å². The van der Waals surface area contributed by atoms with Gasteiger partial charge in [0.25, 0.3) is 0 Å². The van der Waals surface area contributed by atoms with Crippen molar-refractivity contribution >= 4 is 23.9 Å². The lowest BCUT2D eigenvalue weighted by atomic mass is 10.1. The van der Waals surface area contributed by atoms with Crippen LogP contribution in [0.15, 0.2) is 65.3 Å². The molecule has 2 heterocycles. The van der Waals surface area contributed by atoms with Crippen LogP contribution in [0.5, 0.6) is 34.5 Å². The number of carbonyl (C=O) groups excluding carboxylic acids is 2. The van der Waals surface area contributed by atoms with Gasteiger partial charge in [-0.1, -0.05) is 6.07 Å². The van der Waals surface area contributed by atoms with Gasteiger partial charge in [-0.25, -0.2) is 14.6 Å². The van der Waals surface area contributed by atoms with Crippen LogP contribution in [0.2, 0.25) is 0 Å². The molecular weight excluding hydrogens is 518 g/mol. The Kier molecular flexibility index (Phi) is 7.86. The molecule has 0 amide bonds. The predicted octanol–water partition coefficient (Wildman–Crippen LogP) is 5.18. The highest BCUT2D eigenvalue weighted by Crippen LogP contribution is 2.35. The summed E-state index contributed by atoms with van der Waals surface area (Å²) in [4.78, 5) is 29.8. The summed E-state index contributed by atoms with van der Waals surface area (Å²) < 4.78 is 38.6. The number of esters is 2. The maximum Gasteiger partial charge on any atom is 0.363 e. The topological polar surface area (TPSA) is 111 Å². The average molecular weight is 546 g/mol. The number of rotatable bonds is 10. The van der Waals surface area contributed by atoms with Crippen LogP contribution in [0.1, 0.15) is 42.3 Å². The Balaban J connectivity index is 1.37. The van der Waals surface area contributed by atoms with Crippen LogP contribution in [-0.2, 0) is 9.53 Å². The Hall–Kier alpha value is -4.99. The summed E-state index contributed by atoms with van der Waals surface area (Å²) in [6.07, 6.45) is 1.57. The molecule has 5 rings (SSSR count). The van der Waals surface area contributed by atoms with Gasteiger partial charge in [0, 0.05) is 5.56 Å². The van der Waals surface area contributed by atoms with Crippen molar-refractivity contribution in [2.24, 2.45) is 4.99 Å².